The van der Waals surface area contributed by atoms with Crippen LogP contribution in [0.25, 0.3) is 0 Å². The number of carbonyl (C=O) groups excluding carboxylic acids is 1. The van der Waals surface area contributed by atoms with Crippen molar-refractivity contribution >= 4 is 17.7 Å². The minimum absolute atomic E-state index is 0.00852. The first kappa shape index (κ1) is 15.7. The van der Waals surface area contributed by atoms with Gasteiger partial charge in [0.2, 0.25) is 5.91 Å². The van der Waals surface area contributed by atoms with Crippen LogP contribution in [0.5, 0.6) is 0 Å². The summed E-state index contributed by atoms with van der Waals surface area (Å²) in [5, 5.41) is 6.47. The van der Waals surface area contributed by atoms with Crippen molar-refractivity contribution in [3.8, 4) is 0 Å². The molecule has 2 rings (SSSR count). The van der Waals surface area contributed by atoms with Crippen LogP contribution in [-0.2, 0) is 4.79 Å². The van der Waals surface area contributed by atoms with Crippen molar-refractivity contribution in [2.45, 2.75) is 50.6 Å². The number of nitrogens with two attached hydrogens (primary N) is 1. The lowest BCUT2D eigenvalue weighted by molar-refractivity contribution is -0.122. The number of nitrogens with one attached hydrogen (secondary N) is 2. The van der Waals surface area contributed by atoms with Crippen molar-refractivity contribution in [2.75, 3.05) is 18.6 Å². The van der Waals surface area contributed by atoms with E-state index in [2.05, 4.69) is 16.8 Å². The molecule has 4 nitrogen and oxygen atoms in total. The average molecular weight is 297 g/mol. The standard InChI is InChI=1S/C15H27N3OS/c1-20-9-7-13(16)15(19)17-8-6-11-10-18-14-5-3-2-4-12(11)14/h10,12-14,18H,2-9,16H2,1H3,(H,17,19)/t12?,13-,14?/m0/s1. The molecule has 0 aromatic rings. The molecule has 3 atom stereocenters. The molecule has 1 aliphatic heterocycles. The van der Waals surface area contributed by atoms with Crippen LogP contribution in [0.2, 0.25) is 0 Å². The maximum atomic E-state index is 11.8. The molecular formula is C15H27N3OS. The van der Waals surface area contributed by atoms with E-state index in [9.17, 15) is 4.79 Å². The molecule has 0 radical (unpaired) electrons. The summed E-state index contributed by atoms with van der Waals surface area (Å²) in [6, 6.07) is 0.291. The predicted octanol–water partition coefficient (Wildman–Crippen LogP) is 1.62. The number of thioether (sulfide) groups is 1. The fraction of sp³-hybridized carbons (Fsp3) is 0.800. The molecule has 114 valence electrons. The smallest absolute Gasteiger partial charge is 0.236 e. The van der Waals surface area contributed by atoms with Gasteiger partial charge in [-0.25, -0.2) is 0 Å². The second-order valence-corrected chi connectivity index (χ2v) is 6.80. The van der Waals surface area contributed by atoms with Crippen LogP contribution in [0, 0.1) is 5.92 Å². The summed E-state index contributed by atoms with van der Waals surface area (Å²) >= 11 is 1.73. The molecule has 0 spiro atoms. The van der Waals surface area contributed by atoms with Gasteiger partial charge in [0.25, 0.3) is 0 Å². The van der Waals surface area contributed by atoms with Gasteiger partial charge in [-0.05, 0) is 49.5 Å². The van der Waals surface area contributed by atoms with Gasteiger partial charge in [-0.2, -0.15) is 11.8 Å². The molecular weight excluding hydrogens is 270 g/mol. The Morgan fingerprint density at radius 1 is 1.55 bits per heavy atom. The number of carbonyl (C=O) groups is 1. The maximum absolute atomic E-state index is 11.8. The van der Waals surface area contributed by atoms with Gasteiger partial charge in [0, 0.05) is 18.5 Å². The summed E-state index contributed by atoms with van der Waals surface area (Å²) in [5.74, 6) is 1.63. The molecule has 1 fully saturated rings. The lowest BCUT2D eigenvalue weighted by Gasteiger charge is -2.27. The fourth-order valence-electron chi connectivity index (χ4n) is 3.19. The molecule has 1 heterocycles. The van der Waals surface area contributed by atoms with Gasteiger partial charge in [-0.1, -0.05) is 12.8 Å². The summed E-state index contributed by atoms with van der Waals surface area (Å²) < 4.78 is 0. The molecule has 4 N–H and O–H groups in total. The number of hydrogen-bond acceptors (Lipinski definition) is 4. The molecule has 0 aromatic heterocycles. The molecule has 20 heavy (non-hydrogen) atoms. The van der Waals surface area contributed by atoms with Crippen molar-refractivity contribution in [1.29, 1.82) is 0 Å². The lowest BCUT2D eigenvalue weighted by Crippen LogP contribution is -2.41. The van der Waals surface area contributed by atoms with Crippen LogP contribution < -0.4 is 16.4 Å². The van der Waals surface area contributed by atoms with Crippen molar-refractivity contribution < 1.29 is 4.79 Å². The van der Waals surface area contributed by atoms with Crippen molar-refractivity contribution in [3.05, 3.63) is 11.8 Å². The SMILES string of the molecule is CSCC[C@H](N)C(=O)NCCC1=CNC2CCCCC12. The minimum Gasteiger partial charge on any atom is -0.388 e. The highest BCUT2D eigenvalue weighted by Crippen LogP contribution is 2.34. The minimum atomic E-state index is -0.361. The zero-order valence-electron chi connectivity index (χ0n) is 12.4. The van der Waals surface area contributed by atoms with Crippen molar-refractivity contribution in [2.24, 2.45) is 11.7 Å². The van der Waals surface area contributed by atoms with E-state index in [0.29, 0.717) is 18.5 Å². The third-order valence-corrected chi connectivity index (χ3v) is 5.05. The Morgan fingerprint density at radius 2 is 2.35 bits per heavy atom. The van der Waals surface area contributed by atoms with Crippen LogP contribution in [0.1, 0.15) is 38.5 Å². The van der Waals surface area contributed by atoms with Crippen LogP contribution >= 0.6 is 11.8 Å². The van der Waals surface area contributed by atoms with E-state index in [-0.39, 0.29) is 11.9 Å². The third-order valence-electron chi connectivity index (χ3n) is 4.41. The summed E-state index contributed by atoms with van der Waals surface area (Å²) in [4.78, 5) is 11.8. The van der Waals surface area contributed by atoms with E-state index in [1.807, 2.05) is 6.26 Å². The highest BCUT2D eigenvalue weighted by molar-refractivity contribution is 7.98. The lowest BCUT2D eigenvalue weighted by atomic mass is 9.81. The quantitative estimate of drug-likeness (QED) is 0.668. The van der Waals surface area contributed by atoms with E-state index in [0.717, 1.165) is 18.6 Å². The number of fused-ring (bicyclic) bond motifs is 1. The Hall–Kier alpha value is -0.680. The van der Waals surface area contributed by atoms with E-state index in [1.165, 1.54) is 31.3 Å². The Morgan fingerprint density at radius 3 is 3.15 bits per heavy atom. The molecule has 5 heteroatoms. The Kier molecular flexibility index (Phi) is 6.23. The van der Waals surface area contributed by atoms with Gasteiger partial charge in [0.05, 0.1) is 6.04 Å². The molecule has 0 saturated heterocycles. The van der Waals surface area contributed by atoms with Gasteiger partial charge in [0.1, 0.15) is 0 Å². The van der Waals surface area contributed by atoms with E-state index in [1.54, 1.807) is 11.8 Å². The topological polar surface area (TPSA) is 67.2 Å². The largest absolute Gasteiger partial charge is 0.388 e. The first-order valence-electron chi connectivity index (χ1n) is 7.69. The van der Waals surface area contributed by atoms with E-state index >= 15 is 0 Å². The van der Waals surface area contributed by atoms with Gasteiger partial charge >= 0.3 is 0 Å². The van der Waals surface area contributed by atoms with Gasteiger partial charge in [0.15, 0.2) is 0 Å². The molecule has 0 aromatic carbocycles. The maximum Gasteiger partial charge on any atom is 0.236 e. The second kappa shape index (κ2) is 7.93. The monoisotopic (exact) mass is 297 g/mol. The highest BCUT2D eigenvalue weighted by Gasteiger charge is 2.31. The number of hydrogen-bond donors (Lipinski definition) is 3. The summed E-state index contributed by atoms with van der Waals surface area (Å²) in [7, 11) is 0. The fourth-order valence-corrected chi connectivity index (χ4v) is 3.68. The van der Waals surface area contributed by atoms with Crippen LogP contribution in [0.4, 0.5) is 0 Å². The van der Waals surface area contributed by atoms with E-state index in [4.69, 9.17) is 5.73 Å². The van der Waals surface area contributed by atoms with Crippen LogP contribution in [0.3, 0.4) is 0 Å². The second-order valence-electron chi connectivity index (χ2n) is 5.81. The van der Waals surface area contributed by atoms with Crippen molar-refractivity contribution in [3.63, 3.8) is 0 Å². The summed E-state index contributed by atoms with van der Waals surface area (Å²) in [6.45, 7) is 0.711. The number of rotatable bonds is 7. The average Bonchev–Trinajstić information content (AvgIpc) is 2.88. The van der Waals surface area contributed by atoms with Gasteiger partial charge in [-0.3, -0.25) is 4.79 Å². The molecule has 2 unspecified atom stereocenters. The zero-order chi connectivity index (χ0) is 14.4. The molecule has 1 aliphatic carbocycles. The normalized spacial score (nSPS) is 26.4. The van der Waals surface area contributed by atoms with Gasteiger partial charge < -0.3 is 16.4 Å². The summed E-state index contributed by atoms with van der Waals surface area (Å²) in [6.07, 6.45) is 11.2. The Bertz CT molecular complexity index is 359. The molecule has 0 bridgehead atoms. The van der Waals surface area contributed by atoms with Crippen molar-refractivity contribution in [1.82, 2.24) is 10.6 Å². The Labute approximate surface area is 126 Å². The van der Waals surface area contributed by atoms with Crippen LogP contribution in [0.15, 0.2) is 11.8 Å². The first-order valence-corrected chi connectivity index (χ1v) is 9.09. The van der Waals surface area contributed by atoms with Gasteiger partial charge in [-0.15, -0.1) is 0 Å². The Balaban J connectivity index is 1.67. The number of amides is 1. The van der Waals surface area contributed by atoms with Crippen LogP contribution in [-0.4, -0.2) is 36.5 Å². The first-order chi connectivity index (χ1) is 9.72. The predicted molar refractivity (Wildman–Crippen MR) is 85.6 cm³/mol. The summed E-state index contributed by atoms with van der Waals surface area (Å²) in [5.41, 5.74) is 7.33. The highest BCUT2D eigenvalue weighted by atomic mass is 32.2. The molecule has 1 saturated carbocycles. The van der Waals surface area contributed by atoms with E-state index < -0.39 is 0 Å². The molecule has 1 amide bonds. The zero-order valence-corrected chi connectivity index (χ0v) is 13.2. The third kappa shape index (κ3) is 4.16. The molecule has 2 aliphatic rings.